The number of carbonyl (C=O) groups is 3. The molecule has 1 fully saturated rings. The van der Waals surface area contributed by atoms with Gasteiger partial charge in [-0.15, -0.1) is 0 Å². The van der Waals surface area contributed by atoms with E-state index in [0.29, 0.717) is 21.3 Å². The van der Waals surface area contributed by atoms with E-state index < -0.39 is 22.0 Å². The van der Waals surface area contributed by atoms with Crippen LogP contribution in [-0.2, 0) is 20.9 Å². The molecule has 0 unspecified atom stereocenters. The van der Waals surface area contributed by atoms with Crippen LogP contribution in [0, 0.1) is 10.1 Å². The molecule has 1 heterocycles. The van der Waals surface area contributed by atoms with Crippen LogP contribution >= 0.6 is 27.7 Å². The highest BCUT2D eigenvalue weighted by Crippen LogP contribution is 2.35. The lowest BCUT2D eigenvalue weighted by atomic mass is 10.1. The molecule has 0 spiro atoms. The molecule has 0 N–H and O–H groups in total. The van der Waals surface area contributed by atoms with Crippen molar-refractivity contribution < 1.29 is 28.8 Å². The second kappa shape index (κ2) is 9.75. The molecule has 31 heavy (non-hydrogen) atoms. The maximum Gasteiger partial charge on any atom is 0.343 e. The molecule has 2 aromatic rings. The molecule has 2 amide bonds. The molecule has 0 aromatic heterocycles. The molecule has 0 atom stereocenters. The lowest BCUT2D eigenvalue weighted by Crippen LogP contribution is -2.27. The van der Waals surface area contributed by atoms with E-state index in [0.717, 1.165) is 16.7 Å². The number of non-ortho nitro benzene ring substituents is 1. The van der Waals surface area contributed by atoms with Gasteiger partial charge in [-0.25, -0.2) is 4.79 Å². The zero-order chi connectivity index (χ0) is 22.5. The van der Waals surface area contributed by atoms with Gasteiger partial charge in [-0.05, 0) is 41.6 Å². The van der Waals surface area contributed by atoms with Crippen molar-refractivity contribution in [2.24, 2.45) is 0 Å². The average molecular weight is 507 g/mol. The average Bonchev–Trinajstić information content (AvgIpc) is 3.00. The van der Waals surface area contributed by atoms with Crippen molar-refractivity contribution in [3.63, 3.8) is 0 Å². The number of imide groups is 1. The molecule has 9 nitrogen and oxygen atoms in total. The predicted octanol–water partition coefficient (Wildman–Crippen LogP) is 4.15. The summed E-state index contributed by atoms with van der Waals surface area (Å²) in [5.41, 5.74) is 1.00. The molecule has 0 radical (unpaired) electrons. The van der Waals surface area contributed by atoms with E-state index in [4.69, 9.17) is 4.74 Å². The summed E-state index contributed by atoms with van der Waals surface area (Å²) in [6.45, 7) is -0.315. The van der Waals surface area contributed by atoms with E-state index in [2.05, 4.69) is 20.7 Å². The van der Waals surface area contributed by atoms with Crippen LogP contribution in [0.5, 0.6) is 5.75 Å². The van der Waals surface area contributed by atoms with Gasteiger partial charge in [0.05, 0.1) is 23.5 Å². The topological polar surface area (TPSA) is 116 Å². The van der Waals surface area contributed by atoms with Gasteiger partial charge in [0.1, 0.15) is 5.75 Å². The highest BCUT2D eigenvalue weighted by atomic mass is 79.9. The minimum atomic E-state index is -0.558. The summed E-state index contributed by atoms with van der Waals surface area (Å²) in [7, 11) is 1.25. The minimum Gasteiger partial charge on any atom is -0.481 e. The first-order valence-corrected chi connectivity index (χ1v) is 10.4. The van der Waals surface area contributed by atoms with Crippen LogP contribution in [0.1, 0.15) is 11.1 Å². The fourth-order valence-corrected chi connectivity index (χ4v) is 3.85. The van der Waals surface area contributed by atoms with Crippen LogP contribution < -0.4 is 4.74 Å². The fraction of sp³-hybridized carbons (Fsp3) is 0.150. The van der Waals surface area contributed by atoms with Gasteiger partial charge in [-0.2, -0.15) is 0 Å². The van der Waals surface area contributed by atoms with Crippen molar-refractivity contribution in [3.05, 3.63) is 73.1 Å². The highest BCUT2D eigenvalue weighted by molar-refractivity contribution is 9.10. The minimum absolute atomic E-state index is 0.00974. The Kier molecular flexibility index (Phi) is 7.08. The number of rotatable bonds is 7. The number of amides is 2. The summed E-state index contributed by atoms with van der Waals surface area (Å²) >= 11 is 4.12. The van der Waals surface area contributed by atoms with Crippen molar-refractivity contribution >= 4 is 56.6 Å². The number of thioether (sulfide) groups is 1. The Morgan fingerprint density at radius 1 is 1.23 bits per heavy atom. The molecule has 0 bridgehead atoms. The Labute approximate surface area is 189 Å². The van der Waals surface area contributed by atoms with E-state index in [1.54, 1.807) is 18.2 Å². The van der Waals surface area contributed by atoms with Crippen LogP contribution in [0.4, 0.5) is 10.5 Å². The quantitative estimate of drug-likeness (QED) is 0.238. The largest absolute Gasteiger partial charge is 0.481 e. The van der Waals surface area contributed by atoms with Crippen LogP contribution in [0.2, 0.25) is 0 Å². The second-order valence-electron chi connectivity index (χ2n) is 6.24. The third-order valence-corrected chi connectivity index (χ3v) is 5.59. The van der Waals surface area contributed by atoms with Crippen molar-refractivity contribution in [2.75, 3.05) is 13.7 Å². The molecule has 1 aliphatic rings. The van der Waals surface area contributed by atoms with Crippen LogP contribution in [0.3, 0.4) is 0 Å². The lowest BCUT2D eigenvalue weighted by molar-refractivity contribution is -0.384. The Hall–Kier alpha value is -3.18. The van der Waals surface area contributed by atoms with Gasteiger partial charge in [0.15, 0.2) is 6.61 Å². The van der Waals surface area contributed by atoms with Gasteiger partial charge in [-0.3, -0.25) is 24.6 Å². The summed E-state index contributed by atoms with van der Waals surface area (Å²) in [6.07, 6.45) is 1.51. The second-order valence-corrected chi connectivity index (χ2v) is 8.15. The molecule has 1 saturated heterocycles. The molecule has 0 saturated carbocycles. The third-order valence-electron chi connectivity index (χ3n) is 4.19. The van der Waals surface area contributed by atoms with Crippen LogP contribution in [0.15, 0.2) is 51.8 Å². The maximum absolute atomic E-state index is 12.8. The molecule has 11 heteroatoms. The highest BCUT2D eigenvalue weighted by Gasteiger charge is 2.35. The maximum atomic E-state index is 12.8. The number of nitrogens with zero attached hydrogens (tertiary/aromatic N) is 2. The Morgan fingerprint density at radius 2 is 1.94 bits per heavy atom. The number of methoxy groups -OCH3 is 1. The standard InChI is InChI=1S/C20H15BrN2O7S/c1-29-18(24)11-30-16-7-4-14(21)8-13(16)9-17-19(25)22(20(26)31-17)10-12-2-5-15(6-3-12)23(27)28/h2-9H,10-11H2,1H3/b17-9-. The van der Waals surface area contributed by atoms with E-state index in [1.165, 1.54) is 37.5 Å². The van der Waals surface area contributed by atoms with E-state index in [1.807, 2.05) is 0 Å². The number of carbonyl (C=O) groups excluding carboxylic acids is 3. The number of nitro groups is 1. The van der Waals surface area contributed by atoms with E-state index in [-0.39, 0.29) is 23.7 Å². The Morgan fingerprint density at radius 3 is 2.58 bits per heavy atom. The summed E-state index contributed by atoms with van der Waals surface area (Å²) in [5.74, 6) is -0.708. The normalized spacial score (nSPS) is 14.8. The molecular weight excluding hydrogens is 492 g/mol. The molecule has 3 rings (SSSR count). The number of ether oxygens (including phenoxy) is 2. The zero-order valence-electron chi connectivity index (χ0n) is 16.1. The van der Waals surface area contributed by atoms with E-state index >= 15 is 0 Å². The number of benzene rings is 2. The number of halogens is 1. The van der Waals surface area contributed by atoms with Gasteiger partial charge in [0, 0.05) is 22.2 Å². The monoisotopic (exact) mass is 506 g/mol. The predicted molar refractivity (Wildman–Crippen MR) is 116 cm³/mol. The lowest BCUT2D eigenvalue weighted by Gasteiger charge is -2.12. The smallest absolute Gasteiger partial charge is 0.343 e. The fourth-order valence-electron chi connectivity index (χ4n) is 2.64. The Bertz CT molecular complexity index is 1090. The Balaban J connectivity index is 1.80. The van der Waals surface area contributed by atoms with Crippen molar-refractivity contribution in [1.29, 1.82) is 0 Å². The van der Waals surface area contributed by atoms with E-state index in [9.17, 15) is 24.5 Å². The van der Waals surface area contributed by atoms with Gasteiger partial charge < -0.3 is 9.47 Å². The van der Waals surface area contributed by atoms with Crippen LogP contribution in [0.25, 0.3) is 6.08 Å². The molecular formula is C20H15BrN2O7S. The number of nitro benzene ring substituents is 1. The van der Waals surface area contributed by atoms with Gasteiger partial charge >= 0.3 is 5.97 Å². The zero-order valence-corrected chi connectivity index (χ0v) is 18.5. The molecule has 0 aliphatic carbocycles. The van der Waals surface area contributed by atoms with Gasteiger partial charge in [0.25, 0.3) is 16.8 Å². The number of esters is 1. The third kappa shape index (κ3) is 5.50. The first kappa shape index (κ1) is 22.5. The summed E-state index contributed by atoms with van der Waals surface area (Å²) in [4.78, 5) is 48.0. The summed E-state index contributed by atoms with van der Waals surface area (Å²) < 4.78 is 10.7. The van der Waals surface area contributed by atoms with Gasteiger partial charge in [-0.1, -0.05) is 28.1 Å². The SMILES string of the molecule is COC(=O)COc1ccc(Br)cc1/C=C1\SC(=O)N(Cc2ccc([N+](=O)[O-])cc2)C1=O. The summed E-state index contributed by atoms with van der Waals surface area (Å²) in [5, 5.41) is 10.3. The van der Waals surface area contributed by atoms with Crippen LogP contribution in [-0.4, -0.2) is 40.7 Å². The molecule has 1 aliphatic heterocycles. The number of hydrogen-bond acceptors (Lipinski definition) is 8. The molecule has 2 aromatic carbocycles. The first-order chi connectivity index (χ1) is 14.8. The number of hydrogen-bond donors (Lipinski definition) is 0. The summed E-state index contributed by atoms with van der Waals surface area (Å²) in [6, 6.07) is 10.7. The van der Waals surface area contributed by atoms with Crippen molar-refractivity contribution in [1.82, 2.24) is 4.90 Å². The van der Waals surface area contributed by atoms with Gasteiger partial charge in [0.2, 0.25) is 0 Å². The first-order valence-electron chi connectivity index (χ1n) is 8.76. The molecule has 160 valence electrons. The van der Waals surface area contributed by atoms with Crippen molar-refractivity contribution in [3.8, 4) is 5.75 Å². The van der Waals surface area contributed by atoms with Crippen molar-refractivity contribution in [2.45, 2.75) is 6.54 Å².